The summed E-state index contributed by atoms with van der Waals surface area (Å²) < 4.78 is 1.15. The molecule has 1 N–H and O–H groups in total. The van der Waals surface area contributed by atoms with Gasteiger partial charge in [-0.2, -0.15) is 0 Å². The molecule has 1 unspecified atom stereocenters. The van der Waals surface area contributed by atoms with E-state index < -0.39 is 0 Å². The van der Waals surface area contributed by atoms with Crippen molar-refractivity contribution in [3.8, 4) is 0 Å². The Hall–Kier alpha value is -1.68. The highest BCUT2D eigenvalue weighted by atomic mass is 32.1. The fourth-order valence-electron chi connectivity index (χ4n) is 2.57. The van der Waals surface area contributed by atoms with Crippen LogP contribution >= 0.6 is 11.3 Å². The van der Waals surface area contributed by atoms with Crippen LogP contribution in [0.5, 0.6) is 0 Å². The summed E-state index contributed by atoms with van der Waals surface area (Å²) in [5, 5.41) is 3.76. The highest BCUT2D eigenvalue weighted by Gasteiger charge is 2.28. The van der Waals surface area contributed by atoms with Crippen LogP contribution in [0.1, 0.15) is 50.1 Å². The minimum Gasteiger partial charge on any atom is -0.330 e. The molecule has 1 fully saturated rings. The standard InChI is InChI=1S/C17H20N2OS/c1-10-5-7-12(15(20)18-10)16-19-13-9-11(17(2,3)4)6-8-14(13)21-16/h6,8-9,12H,1,5,7H2,2-4H3,(H,18,20). The third kappa shape index (κ3) is 2.72. The van der Waals surface area contributed by atoms with Crippen molar-refractivity contribution in [1.82, 2.24) is 10.3 Å². The Kier molecular flexibility index (Phi) is 3.36. The number of piperidine rings is 1. The van der Waals surface area contributed by atoms with Gasteiger partial charge >= 0.3 is 0 Å². The predicted molar refractivity (Wildman–Crippen MR) is 87.6 cm³/mol. The van der Waals surface area contributed by atoms with Gasteiger partial charge < -0.3 is 5.32 Å². The summed E-state index contributed by atoms with van der Waals surface area (Å²) in [6.45, 7) is 10.4. The van der Waals surface area contributed by atoms with E-state index in [2.05, 4.69) is 50.9 Å². The van der Waals surface area contributed by atoms with Crippen molar-refractivity contribution in [2.45, 2.75) is 44.9 Å². The number of rotatable bonds is 1. The molecule has 1 atom stereocenters. The second-order valence-electron chi connectivity index (χ2n) is 6.67. The van der Waals surface area contributed by atoms with Crippen molar-refractivity contribution in [1.29, 1.82) is 0 Å². The molecule has 0 bridgehead atoms. The molecule has 1 saturated heterocycles. The van der Waals surface area contributed by atoms with Gasteiger partial charge in [-0.1, -0.05) is 33.4 Å². The lowest BCUT2D eigenvalue weighted by atomic mass is 9.87. The molecule has 0 spiro atoms. The molecule has 21 heavy (non-hydrogen) atoms. The fraction of sp³-hybridized carbons (Fsp3) is 0.412. The van der Waals surface area contributed by atoms with Crippen LogP contribution in [-0.2, 0) is 10.2 Å². The molecule has 1 aromatic carbocycles. The largest absolute Gasteiger partial charge is 0.330 e. The highest BCUT2D eigenvalue weighted by molar-refractivity contribution is 7.18. The van der Waals surface area contributed by atoms with Gasteiger partial charge in [0.05, 0.1) is 16.1 Å². The quantitative estimate of drug-likeness (QED) is 0.861. The van der Waals surface area contributed by atoms with Gasteiger partial charge in [-0.05, 0) is 36.0 Å². The van der Waals surface area contributed by atoms with Gasteiger partial charge in [-0.3, -0.25) is 4.79 Å². The molecule has 4 heteroatoms. The number of aromatic nitrogens is 1. The van der Waals surface area contributed by atoms with Gasteiger partial charge in [-0.25, -0.2) is 4.98 Å². The number of hydrogen-bond acceptors (Lipinski definition) is 3. The van der Waals surface area contributed by atoms with Crippen molar-refractivity contribution < 1.29 is 4.79 Å². The van der Waals surface area contributed by atoms with Crippen LogP contribution in [0.2, 0.25) is 0 Å². The lowest BCUT2D eigenvalue weighted by Gasteiger charge is -2.21. The molecule has 3 rings (SSSR count). The second kappa shape index (κ2) is 4.95. The third-order valence-electron chi connectivity index (χ3n) is 3.92. The summed E-state index contributed by atoms with van der Waals surface area (Å²) in [7, 11) is 0. The summed E-state index contributed by atoms with van der Waals surface area (Å²) in [6.07, 6.45) is 1.64. The number of carbonyl (C=O) groups is 1. The van der Waals surface area contributed by atoms with Gasteiger partial charge in [0.25, 0.3) is 0 Å². The first-order valence-corrected chi connectivity index (χ1v) is 8.06. The predicted octanol–water partition coefficient (Wildman–Crippen LogP) is 4.10. The molecular weight excluding hydrogens is 280 g/mol. The number of nitrogens with zero attached hydrogens (tertiary/aromatic N) is 1. The summed E-state index contributed by atoms with van der Waals surface area (Å²) in [5.41, 5.74) is 3.19. The number of allylic oxidation sites excluding steroid dienone is 1. The maximum absolute atomic E-state index is 12.1. The number of thiazole rings is 1. The first-order valence-electron chi connectivity index (χ1n) is 7.24. The van der Waals surface area contributed by atoms with E-state index in [1.807, 2.05) is 0 Å². The third-order valence-corrected chi connectivity index (χ3v) is 5.07. The van der Waals surface area contributed by atoms with Crippen LogP contribution < -0.4 is 5.32 Å². The SMILES string of the molecule is C=C1CCC(c2nc3cc(C(C)(C)C)ccc3s2)C(=O)N1. The summed E-state index contributed by atoms with van der Waals surface area (Å²) >= 11 is 1.63. The molecule has 1 aliphatic heterocycles. The Morgan fingerprint density at radius 1 is 1.38 bits per heavy atom. The lowest BCUT2D eigenvalue weighted by Crippen LogP contribution is -2.33. The van der Waals surface area contributed by atoms with Crippen LogP contribution in [0.4, 0.5) is 0 Å². The van der Waals surface area contributed by atoms with E-state index in [9.17, 15) is 4.79 Å². The topological polar surface area (TPSA) is 42.0 Å². The Labute approximate surface area is 129 Å². The van der Waals surface area contributed by atoms with Gasteiger partial charge in [0.1, 0.15) is 5.01 Å². The number of nitrogens with one attached hydrogen (secondary N) is 1. The van der Waals surface area contributed by atoms with Gasteiger partial charge in [0.15, 0.2) is 0 Å². The van der Waals surface area contributed by atoms with Gasteiger partial charge in [0, 0.05) is 5.70 Å². The Balaban J connectivity index is 1.98. The molecular formula is C17H20N2OS. The maximum atomic E-state index is 12.1. The Bertz CT molecular complexity index is 724. The van der Waals surface area contributed by atoms with Gasteiger partial charge in [-0.15, -0.1) is 11.3 Å². The normalized spacial score (nSPS) is 19.9. The minimum atomic E-state index is -0.133. The second-order valence-corrected chi connectivity index (χ2v) is 7.73. The number of carbonyl (C=O) groups excluding carboxylic acids is 1. The zero-order valence-corrected chi connectivity index (χ0v) is 13.5. The molecule has 1 aliphatic rings. The average Bonchev–Trinajstić information content (AvgIpc) is 2.79. The highest BCUT2D eigenvalue weighted by Crippen LogP contribution is 2.34. The minimum absolute atomic E-state index is 0.0290. The Morgan fingerprint density at radius 2 is 2.14 bits per heavy atom. The number of fused-ring (bicyclic) bond motifs is 1. The molecule has 2 aromatic rings. The van der Waals surface area contributed by atoms with E-state index in [-0.39, 0.29) is 17.2 Å². The van der Waals surface area contributed by atoms with Crippen LogP contribution in [0.3, 0.4) is 0 Å². The van der Waals surface area contributed by atoms with E-state index in [1.165, 1.54) is 5.56 Å². The number of hydrogen-bond donors (Lipinski definition) is 1. The molecule has 1 aromatic heterocycles. The molecule has 1 amide bonds. The fourth-order valence-corrected chi connectivity index (χ4v) is 3.65. The number of benzene rings is 1. The van der Waals surface area contributed by atoms with Crippen LogP contribution in [0.25, 0.3) is 10.2 Å². The van der Waals surface area contributed by atoms with Crippen molar-refractivity contribution >= 4 is 27.5 Å². The monoisotopic (exact) mass is 300 g/mol. The Morgan fingerprint density at radius 3 is 2.81 bits per heavy atom. The first kappa shape index (κ1) is 14.3. The van der Waals surface area contributed by atoms with Crippen molar-refractivity contribution in [2.24, 2.45) is 0 Å². The van der Waals surface area contributed by atoms with Crippen molar-refractivity contribution in [3.63, 3.8) is 0 Å². The van der Waals surface area contributed by atoms with Crippen LogP contribution in [-0.4, -0.2) is 10.9 Å². The summed E-state index contributed by atoms with van der Waals surface area (Å²) in [4.78, 5) is 16.8. The molecule has 3 nitrogen and oxygen atoms in total. The molecule has 2 heterocycles. The zero-order valence-electron chi connectivity index (χ0n) is 12.7. The molecule has 0 aliphatic carbocycles. The van der Waals surface area contributed by atoms with Crippen molar-refractivity contribution in [2.75, 3.05) is 0 Å². The summed E-state index contributed by atoms with van der Waals surface area (Å²) in [6, 6.07) is 6.43. The van der Waals surface area contributed by atoms with E-state index >= 15 is 0 Å². The average molecular weight is 300 g/mol. The van der Waals surface area contributed by atoms with Gasteiger partial charge in [0.2, 0.25) is 5.91 Å². The van der Waals surface area contributed by atoms with Crippen LogP contribution in [0, 0.1) is 0 Å². The van der Waals surface area contributed by atoms with E-state index in [1.54, 1.807) is 11.3 Å². The zero-order chi connectivity index (χ0) is 15.2. The number of amides is 1. The summed E-state index contributed by atoms with van der Waals surface area (Å²) in [5.74, 6) is -0.104. The molecule has 110 valence electrons. The van der Waals surface area contributed by atoms with E-state index in [0.29, 0.717) is 0 Å². The van der Waals surface area contributed by atoms with Crippen LogP contribution in [0.15, 0.2) is 30.5 Å². The smallest absolute Gasteiger partial charge is 0.234 e. The molecule has 0 radical (unpaired) electrons. The lowest BCUT2D eigenvalue weighted by molar-refractivity contribution is -0.122. The van der Waals surface area contributed by atoms with Crippen molar-refractivity contribution in [3.05, 3.63) is 41.0 Å². The van der Waals surface area contributed by atoms with E-state index in [0.717, 1.165) is 33.8 Å². The maximum Gasteiger partial charge on any atom is 0.234 e. The van der Waals surface area contributed by atoms with E-state index in [4.69, 9.17) is 4.98 Å². The molecule has 0 saturated carbocycles. The first-order chi connectivity index (χ1) is 9.84.